The molecule has 2 fully saturated rings. The fraction of sp³-hybridized carbons (Fsp3) is 0.800. The third-order valence-electron chi connectivity index (χ3n) is 4.06. The SMILES string of the molecule is BrC1(Br)C2(C=C2)C12CCCCC2. The van der Waals surface area contributed by atoms with Crippen LogP contribution < -0.4 is 0 Å². The molecule has 3 aliphatic carbocycles. The minimum atomic E-state index is 0.237. The highest BCUT2D eigenvalue weighted by atomic mass is 79.9. The number of hydrogen-bond acceptors (Lipinski definition) is 0. The van der Waals surface area contributed by atoms with Crippen LogP contribution in [0.3, 0.4) is 0 Å². The van der Waals surface area contributed by atoms with E-state index in [2.05, 4.69) is 44.0 Å². The zero-order chi connectivity index (χ0) is 8.45. The van der Waals surface area contributed by atoms with E-state index in [1.54, 1.807) is 0 Å². The molecule has 0 saturated heterocycles. The molecule has 0 heterocycles. The summed E-state index contributed by atoms with van der Waals surface area (Å²) in [4.78, 5) is 0. The summed E-state index contributed by atoms with van der Waals surface area (Å²) in [5.41, 5.74) is 0.999. The number of fused-ring (bicyclic) bond motifs is 1. The minimum Gasteiger partial charge on any atom is -0.0747 e. The third kappa shape index (κ3) is 0.608. The molecule has 0 unspecified atom stereocenters. The van der Waals surface area contributed by atoms with Crippen molar-refractivity contribution >= 4 is 31.9 Å². The molecule has 66 valence electrons. The first kappa shape index (κ1) is 8.05. The van der Waals surface area contributed by atoms with E-state index in [0.29, 0.717) is 10.8 Å². The standard InChI is InChI=1S/C10H12Br2/c11-10(12)8(9(10)6-7-9)4-2-1-3-5-8/h6-7H,1-5H2. The summed E-state index contributed by atoms with van der Waals surface area (Å²) in [5, 5.41) is 0. The Bertz CT molecular complexity index is 247. The van der Waals surface area contributed by atoms with Gasteiger partial charge in [0.1, 0.15) is 3.23 Å². The maximum atomic E-state index is 3.84. The van der Waals surface area contributed by atoms with Crippen LogP contribution in [0.4, 0.5) is 0 Å². The number of allylic oxidation sites excluding steroid dienone is 2. The van der Waals surface area contributed by atoms with Gasteiger partial charge in [0.2, 0.25) is 0 Å². The number of alkyl halides is 2. The molecule has 3 aliphatic rings. The quantitative estimate of drug-likeness (QED) is 0.468. The molecular weight excluding hydrogens is 280 g/mol. The van der Waals surface area contributed by atoms with Crippen LogP contribution in [0.1, 0.15) is 32.1 Å². The Kier molecular flexibility index (Phi) is 1.36. The smallest absolute Gasteiger partial charge is 0.0747 e. The van der Waals surface area contributed by atoms with Gasteiger partial charge in [-0.15, -0.1) is 0 Å². The summed E-state index contributed by atoms with van der Waals surface area (Å²) in [6.45, 7) is 0. The summed E-state index contributed by atoms with van der Waals surface area (Å²) in [6.07, 6.45) is 11.8. The van der Waals surface area contributed by atoms with Crippen molar-refractivity contribution < 1.29 is 0 Å². The van der Waals surface area contributed by atoms with E-state index in [-0.39, 0.29) is 3.23 Å². The second-order valence-corrected chi connectivity index (χ2v) is 7.86. The van der Waals surface area contributed by atoms with E-state index < -0.39 is 0 Å². The molecule has 0 amide bonds. The summed E-state index contributed by atoms with van der Waals surface area (Å²) in [5.74, 6) is 0. The van der Waals surface area contributed by atoms with Crippen molar-refractivity contribution in [2.24, 2.45) is 10.8 Å². The Balaban J connectivity index is 1.93. The van der Waals surface area contributed by atoms with Crippen LogP contribution in [0.15, 0.2) is 12.2 Å². The van der Waals surface area contributed by atoms with Crippen molar-refractivity contribution in [2.75, 3.05) is 0 Å². The van der Waals surface area contributed by atoms with Crippen molar-refractivity contribution in [3.05, 3.63) is 12.2 Å². The normalized spacial score (nSPS) is 37.2. The first-order chi connectivity index (χ1) is 5.66. The maximum absolute atomic E-state index is 3.84. The van der Waals surface area contributed by atoms with Crippen molar-refractivity contribution in [1.29, 1.82) is 0 Å². The molecular formula is C10H12Br2. The Morgan fingerprint density at radius 2 is 1.50 bits per heavy atom. The summed E-state index contributed by atoms with van der Waals surface area (Å²) < 4.78 is 0.237. The van der Waals surface area contributed by atoms with Gasteiger partial charge >= 0.3 is 0 Å². The van der Waals surface area contributed by atoms with Gasteiger partial charge in [0, 0.05) is 10.8 Å². The van der Waals surface area contributed by atoms with Gasteiger partial charge in [0.25, 0.3) is 0 Å². The molecule has 2 saturated carbocycles. The van der Waals surface area contributed by atoms with E-state index in [0.717, 1.165) is 0 Å². The van der Waals surface area contributed by atoms with E-state index in [1.807, 2.05) is 0 Å². The first-order valence-electron chi connectivity index (χ1n) is 4.75. The summed E-state index contributed by atoms with van der Waals surface area (Å²) in [6, 6.07) is 0. The van der Waals surface area contributed by atoms with Crippen molar-refractivity contribution in [3.8, 4) is 0 Å². The van der Waals surface area contributed by atoms with Crippen LogP contribution in [0.5, 0.6) is 0 Å². The van der Waals surface area contributed by atoms with Crippen molar-refractivity contribution in [3.63, 3.8) is 0 Å². The third-order valence-corrected chi connectivity index (χ3v) is 6.89. The van der Waals surface area contributed by atoms with Gasteiger partial charge in [0.05, 0.1) is 0 Å². The lowest BCUT2D eigenvalue weighted by Crippen LogP contribution is -2.13. The Hall–Kier alpha value is 0.700. The Labute approximate surface area is 90.1 Å². The molecule has 3 rings (SSSR count). The molecule has 0 N–H and O–H groups in total. The molecule has 0 aromatic rings. The molecule has 12 heavy (non-hydrogen) atoms. The van der Waals surface area contributed by atoms with Crippen LogP contribution in [0.25, 0.3) is 0 Å². The molecule has 0 atom stereocenters. The predicted octanol–water partition coefficient (Wildman–Crippen LogP) is 3.99. The molecule has 0 aliphatic heterocycles. The van der Waals surface area contributed by atoms with E-state index >= 15 is 0 Å². The molecule has 0 radical (unpaired) electrons. The maximum Gasteiger partial charge on any atom is 0.100 e. The van der Waals surface area contributed by atoms with Crippen LogP contribution >= 0.6 is 31.9 Å². The predicted molar refractivity (Wildman–Crippen MR) is 57.7 cm³/mol. The lowest BCUT2D eigenvalue weighted by Gasteiger charge is -2.23. The first-order valence-corrected chi connectivity index (χ1v) is 6.33. The average Bonchev–Trinajstić information content (AvgIpc) is 2.91. The molecule has 2 heteroatoms. The van der Waals surface area contributed by atoms with Crippen LogP contribution in [0.2, 0.25) is 0 Å². The fourth-order valence-corrected chi connectivity index (χ4v) is 5.69. The summed E-state index contributed by atoms with van der Waals surface area (Å²) in [7, 11) is 0. The van der Waals surface area contributed by atoms with Gasteiger partial charge in [-0.05, 0) is 12.8 Å². The van der Waals surface area contributed by atoms with Crippen LogP contribution in [0, 0.1) is 10.8 Å². The van der Waals surface area contributed by atoms with Gasteiger partial charge < -0.3 is 0 Å². The minimum absolute atomic E-state index is 0.237. The van der Waals surface area contributed by atoms with E-state index in [4.69, 9.17) is 0 Å². The summed E-state index contributed by atoms with van der Waals surface area (Å²) >= 11 is 7.69. The van der Waals surface area contributed by atoms with Gasteiger partial charge in [-0.25, -0.2) is 0 Å². The zero-order valence-electron chi connectivity index (χ0n) is 6.95. The second-order valence-electron chi connectivity index (χ2n) is 4.42. The van der Waals surface area contributed by atoms with Gasteiger partial charge in [-0.1, -0.05) is 63.3 Å². The number of halogens is 2. The Morgan fingerprint density at radius 1 is 0.917 bits per heavy atom. The zero-order valence-corrected chi connectivity index (χ0v) is 10.1. The van der Waals surface area contributed by atoms with Crippen molar-refractivity contribution in [1.82, 2.24) is 0 Å². The number of hydrogen-bond donors (Lipinski definition) is 0. The van der Waals surface area contributed by atoms with Crippen molar-refractivity contribution in [2.45, 2.75) is 35.3 Å². The molecule has 0 aromatic carbocycles. The molecule has 0 bridgehead atoms. The lowest BCUT2D eigenvalue weighted by molar-refractivity contribution is 0.309. The number of rotatable bonds is 0. The lowest BCUT2D eigenvalue weighted by atomic mass is 9.83. The monoisotopic (exact) mass is 290 g/mol. The average molecular weight is 292 g/mol. The van der Waals surface area contributed by atoms with Crippen LogP contribution in [-0.4, -0.2) is 3.23 Å². The van der Waals surface area contributed by atoms with Gasteiger partial charge in [-0.3, -0.25) is 0 Å². The second kappa shape index (κ2) is 2.03. The Morgan fingerprint density at radius 3 is 1.92 bits per heavy atom. The van der Waals surface area contributed by atoms with Crippen LogP contribution in [-0.2, 0) is 0 Å². The highest BCUT2D eigenvalue weighted by Gasteiger charge is 2.86. The topological polar surface area (TPSA) is 0 Å². The highest BCUT2D eigenvalue weighted by Crippen LogP contribution is 2.89. The highest BCUT2D eigenvalue weighted by molar-refractivity contribution is 9.25. The molecule has 0 aromatic heterocycles. The molecule has 2 spiro atoms. The molecule has 0 nitrogen and oxygen atoms in total. The van der Waals surface area contributed by atoms with Gasteiger partial charge in [-0.2, -0.15) is 0 Å². The largest absolute Gasteiger partial charge is 0.100 e. The fourth-order valence-electron chi connectivity index (χ4n) is 3.15. The van der Waals surface area contributed by atoms with E-state index in [9.17, 15) is 0 Å². The van der Waals surface area contributed by atoms with Gasteiger partial charge in [0.15, 0.2) is 0 Å². The van der Waals surface area contributed by atoms with E-state index in [1.165, 1.54) is 32.1 Å².